The Balaban J connectivity index is 2.02. The van der Waals surface area contributed by atoms with Crippen LogP contribution in [0.4, 0.5) is 0 Å². The first-order valence-corrected chi connectivity index (χ1v) is 9.25. The fourth-order valence-electron chi connectivity index (χ4n) is 3.47. The van der Waals surface area contributed by atoms with Gasteiger partial charge in [-0.05, 0) is 23.3 Å². The summed E-state index contributed by atoms with van der Waals surface area (Å²) in [5.74, 6) is 0.429. The number of halogens is 1. The van der Waals surface area contributed by atoms with E-state index in [0.717, 1.165) is 22.3 Å². The van der Waals surface area contributed by atoms with E-state index in [1.807, 2.05) is 84.9 Å². The summed E-state index contributed by atoms with van der Waals surface area (Å²) >= 11 is 6.09. The van der Waals surface area contributed by atoms with Crippen LogP contribution in [0.25, 0.3) is 11.3 Å². The van der Waals surface area contributed by atoms with Crippen LogP contribution in [-0.4, -0.2) is 0 Å². The van der Waals surface area contributed by atoms with Crippen LogP contribution in [0.2, 0.25) is 5.02 Å². The SMILES string of the molecule is N#CC1=C(N)OC(c2ccccc2)=C(c2ccccc2)[C@@H]1c1ccc(Cl)cc1. The summed E-state index contributed by atoms with van der Waals surface area (Å²) in [5.41, 5.74) is 10.3. The predicted octanol–water partition coefficient (Wildman–Crippen LogP) is 5.72. The van der Waals surface area contributed by atoms with Crippen LogP contribution in [0, 0.1) is 11.3 Å². The molecule has 0 amide bonds. The zero-order valence-corrected chi connectivity index (χ0v) is 15.7. The van der Waals surface area contributed by atoms with Crippen LogP contribution < -0.4 is 5.73 Å². The van der Waals surface area contributed by atoms with E-state index >= 15 is 0 Å². The second-order valence-electron chi connectivity index (χ2n) is 6.45. The van der Waals surface area contributed by atoms with Crippen molar-refractivity contribution in [1.82, 2.24) is 0 Å². The van der Waals surface area contributed by atoms with E-state index < -0.39 is 0 Å². The summed E-state index contributed by atoms with van der Waals surface area (Å²) < 4.78 is 6.01. The second kappa shape index (κ2) is 7.64. The van der Waals surface area contributed by atoms with E-state index in [1.54, 1.807) is 0 Å². The number of nitrogens with zero attached hydrogens (tertiary/aromatic N) is 1. The second-order valence-corrected chi connectivity index (χ2v) is 6.89. The predicted molar refractivity (Wildman–Crippen MR) is 112 cm³/mol. The highest BCUT2D eigenvalue weighted by atomic mass is 35.5. The average molecular weight is 385 g/mol. The molecule has 3 aromatic carbocycles. The molecule has 1 atom stereocenters. The van der Waals surface area contributed by atoms with Gasteiger partial charge in [-0.3, -0.25) is 0 Å². The van der Waals surface area contributed by atoms with Crippen LogP contribution >= 0.6 is 11.6 Å². The fraction of sp³-hybridized carbons (Fsp3) is 0.0417. The quantitative estimate of drug-likeness (QED) is 0.628. The maximum atomic E-state index is 9.85. The van der Waals surface area contributed by atoms with Gasteiger partial charge >= 0.3 is 0 Å². The molecule has 0 saturated heterocycles. The molecule has 0 radical (unpaired) electrons. The van der Waals surface area contributed by atoms with Gasteiger partial charge in [-0.2, -0.15) is 5.26 Å². The van der Waals surface area contributed by atoms with E-state index in [1.165, 1.54) is 0 Å². The molecular formula is C24H17ClN2O. The lowest BCUT2D eigenvalue weighted by molar-refractivity contribution is 0.364. The lowest BCUT2D eigenvalue weighted by Crippen LogP contribution is -2.20. The van der Waals surface area contributed by atoms with Crippen molar-refractivity contribution < 1.29 is 4.74 Å². The summed E-state index contributed by atoms with van der Waals surface area (Å²) in [6, 6.07) is 29.5. The van der Waals surface area contributed by atoms with Gasteiger partial charge in [0.15, 0.2) is 0 Å². The van der Waals surface area contributed by atoms with Gasteiger partial charge in [-0.1, -0.05) is 84.4 Å². The highest BCUT2D eigenvalue weighted by Gasteiger charge is 2.34. The fourth-order valence-corrected chi connectivity index (χ4v) is 3.59. The maximum absolute atomic E-state index is 9.85. The molecule has 0 spiro atoms. The molecule has 0 aromatic heterocycles. The molecule has 1 heterocycles. The monoisotopic (exact) mass is 384 g/mol. The molecule has 3 nitrogen and oxygen atoms in total. The normalized spacial score (nSPS) is 16.5. The van der Waals surface area contributed by atoms with Crippen molar-refractivity contribution in [2.24, 2.45) is 5.73 Å². The number of benzene rings is 3. The molecule has 136 valence electrons. The molecule has 3 aromatic rings. The first-order chi connectivity index (χ1) is 13.7. The summed E-state index contributed by atoms with van der Waals surface area (Å²) in [6.45, 7) is 0. The number of allylic oxidation sites excluding steroid dienone is 2. The molecule has 0 bridgehead atoms. The molecule has 1 aliphatic rings. The molecule has 4 rings (SSSR count). The molecule has 0 aliphatic carbocycles. The van der Waals surface area contributed by atoms with Gasteiger partial charge in [-0.15, -0.1) is 0 Å². The Morgan fingerprint density at radius 2 is 1.39 bits per heavy atom. The van der Waals surface area contributed by atoms with Gasteiger partial charge in [0.05, 0.1) is 5.92 Å². The van der Waals surface area contributed by atoms with E-state index in [9.17, 15) is 5.26 Å². The first kappa shape index (κ1) is 17.9. The third kappa shape index (κ3) is 3.26. The minimum atomic E-state index is -0.353. The zero-order valence-electron chi connectivity index (χ0n) is 15.0. The van der Waals surface area contributed by atoms with Crippen LogP contribution in [0.1, 0.15) is 22.6 Å². The van der Waals surface area contributed by atoms with Crippen molar-refractivity contribution in [3.8, 4) is 6.07 Å². The molecule has 0 unspecified atom stereocenters. The van der Waals surface area contributed by atoms with Crippen LogP contribution in [0.15, 0.2) is 96.4 Å². The summed E-state index contributed by atoms with van der Waals surface area (Å²) in [7, 11) is 0. The highest BCUT2D eigenvalue weighted by molar-refractivity contribution is 6.30. The van der Waals surface area contributed by atoms with Gasteiger partial charge in [0.1, 0.15) is 17.4 Å². The topological polar surface area (TPSA) is 59.0 Å². The molecule has 2 N–H and O–H groups in total. The van der Waals surface area contributed by atoms with Crippen molar-refractivity contribution in [1.29, 1.82) is 5.26 Å². The van der Waals surface area contributed by atoms with E-state index in [4.69, 9.17) is 22.1 Å². The molecule has 1 aliphatic heterocycles. The average Bonchev–Trinajstić information content (AvgIpc) is 2.75. The highest BCUT2D eigenvalue weighted by Crippen LogP contribution is 2.47. The van der Waals surface area contributed by atoms with Gasteiger partial charge in [-0.25, -0.2) is 0 Å². The van der Waals surface area contributed by atoms with Crippen molar-refractivity contribution in [3.05, 3.63) is 118 Å². The van der Waals surface area contributed by atoms with Crippen molar-refractivity contribution in [2.45, 2.75) is 5.92 Å². The molecule has 28 heavy (non-hydrogen) atoms. The number of nitriles is 1. The van der Waals surface area contributed by atoms with Gasteiger partial charge < -0.3 is 10.5 Å². The Morgan fingerprint density at radius 3 is 1.96 bits per heavy atom. The molecule has 0 saturated carbocycles. The van der Waals surface area contributed by atoms with Crippen LogP contribution in [0.5, 0.6) is 0 Å². The van der Waals surface area contributed by atoms with E-state index in [2.05, 4.69) is 6.07 Å². The standard InChI is InChI=1S/C24H17ClN2O/c25-19-13-11-17(12-14-19)21-20(15-26)24(27)28-23(18-9-5-2-6-10-18)22(21)16-7-3-1-4-8-16/h1-14,21H,27H2/t21-/m1/s1. The third-order valence-corrected chi connectivity index (χ3v) is 5.00. The zero-order chi connectivity index (χ0) is 19.5. The lowest BCUT2D eigenvalue weighted by Gasteiger charge is -2.30. The molecule has 0 fully saturated rings. The third-order valence-electron chi connectivity index (χ3n) is 4.74. The first-order valence-electron chi connectivity index (χ1n) is 8.87. The number of hydrogen-bond acceptors (Lipinski definition) is 3. The maximum Gasteiger partial charge on any atom is 0.205 e. The van der Waals surface area contributed by atoms with Gasteiger partial charge in [0.2, 0.25) is 5.88 Å². The summed E-state index contributed by atoms with van der Waals surface area (Å²) in [6.07, 6.45) is 0. The van der Waals surface area contributed by atoms with Gasteiger partial charge in [0.25, 0.3) is 0 Å². The number of hydrogen-bond donors (Lipinski definition) is 1. The Morgan fingerprint density at radius 1 is 0.821 bits per heavy atom. The van der Waals surface area contributed by atoms with E-state index in [0.29, 0.717) is 16.4 Å². The Kier molecular flexibility index (Phi) is 4.89. The summed E-state index contributed by atoms with van der Waals surface area (Å²) in [4.78, 5) is 0. The summed E-state index contributed by atoms with van der Waals surface area (Å²) in [5, 5.41) is 10.5. The van der Waals surface area contributed by atoms with Gasteiger partial charge in [0, 0.05) is 16.2 Å². The molecule has 4 heteroatoms. The smallest absolute Gasteiger partial charge is 0.205 e. The van der Waals surface area contributed by atoms with Crippen LogP contribution in [0.3, 0.4) is 0 Å². The Hall–Kier alpha value is -3.48. The van der Waals surface area contributed by atoms with Crippen molar-refractivity contribution >= 4 is 22.9 Å². The largest absolute Gasteiger partial charge is 0.440 e. The molecular weight excluding hydrogens is 368 g/mol. The lowest BCUT2D eigenvalue weighted by atomic mass is 9.79. The van der Waals surface area contributed by atoms with Crippen LogP contribution in [-0.2, 0) is 4.74 Å². The Labute approximate surface area is 168 Å². The van der Waals surface area contributed by atoms with E-state index in [-0.39, 0.29) is 11.8 Å². The van der Waals surface area contributed by atoms with Crippen molar-refractivity contribution in [2.75, 3.05) is 0 Å². The number of nitrogens with two attached hydrogens (primary N) is 1. The number of ether oxygens (including phenoxy) is 1. The number of rotatable bonds is 3. The van der Waals surface area contributed by atoms with Crippen molar-refractivity contribution in [3.63, 3.8) is 0 Å². The minimum absolute atomic E-state index is 0.126. The Bertz CT molecular complexity index is 1090. The minimum Gasteiger partial charge on any atom is -0.440 e.